The molecular formula is C16H13BrClN5O3S. The molecule has 0 spiro atoms. The fourth-order valence-electron chi connectivity index (χ4n) is 2.49. The smallest absolute Gasteiger partial charge is 0.266 e. The summed E-state index contributed by atoms with van der Waals surface area (Å²) in [6, 6.07) is 5.24. The van der Waals surface area contributed by atoms with Crippen LogP contribution in [0.4, 0.5) is 5.95 Å². The van der Waals surface area contributed by atoms with Crippen LogP contribution in [0, 0.1) is 11.3 Å². The SMILES string of the molecule is COc1nc(NS(=O)(=O)c2c[nH]c3c(Br)c(Cl)ccc23)ncc1CCC#N. The monoisotopic (exact) mass is 469 g/mol. The minimum absolute atomic E-state index is 0.0333. The topological polar surface area (TPSA) is 121 Å². The fourth-order valence-corrected chi connectivity index (χ4v) is 4.23. The zero-order chi connectivity index (χ0) is 19.6. The van der Waals surface area contributed by atoms with E-state index >= 15 is 0 Å². The number of ether oxygens (including phenoxy) is 1. The quantitative estimate of drug-likeness (QED) is 0.567. The van der Waals surface area contributed by atoms with Crippen LogP contribution in [0.1, 0.15) is 12.0 Å². The third kappa shape index (κ3) is 3.85. The number of H-pyrrole nitrogens is 1. The Labute approximate surface area is 168 Å². The molecule has 2 aromatic heterocycles. The Morgan fingerprint density at radius 2 is 2.22 bits per heavy atom. The fraction of sp³-hybridized carbons (Fsp3) is 0.188. The van der Waals surface area contributed by atoms with Gasteiger partial charge in [0.1, 0.15) is 4.90 Å². The summed E-state index contributed by atoms with van der Waals surface area (Å²) >= 11 is 9.37. The van der Waals surface area contributed by atoms with E-state index in [0.29, 0.717) is 32.4 Å². The number of halogens is 2. The summed E-state index contributed by atoms with van der Waals surface area (Å²) in [7, 11) is -2.54. The number of rotatable bonds is 6. The molecule has 0 saturated heterocycles. The van der Waals surface area contributed by atoms with Crippen molar-refractivity contribution in [3.63, 3.8) is 0 Å². The Morgan fingerprint density at radius 1 is 1.44 bits per heavy atom. The highest BCUT2D eigenvalue weighted by Gasteiger charge is 2.22. The molecule has 0 atom stereocenters. The van der Waals surface area contributed by atoms with Crippen LogP contribution in [0.15, 0.2) is 33.9 Å². The highest BCUT2D eigenvalue weighted by Crippen LogP contribution is 2.34. The highest BCUT2D eigenvalue weighted by atomic mass is 79.9. The Balaban J connectivity index is 1.96. The summed E-state index contributed by atoms with van der Waals surface area (Å²) in [5.74, 6) is 0.0846. The van der Waals surface area contributed by atoms with Gasteiger partial charge in [0.15, 0.2) is 0 Å². The normalized spacial score (nSPS) is 11.3. The first-order valence-electron chi connectivity index (χ1n) is 7.62. The van der Waals surface area contributed by atoms with Gasteiger partial charge in [-0.15, -0.1) is 0 Å². The van der Waals surface area contributed by atoms with Crippen LogP contribution in [-0.2, 0) is 16.4 Å². The lowest BCUT2D eigenvalue weighted by Gasteiger charge is -2.09. The zero-order valence-corrected chi connectivity index (χ0v) is 17.1. The third-order valence-corrected chi connectivity index (χ3v) is 6.48. The maximum Gasteiger partial charge on any atom is 0.266 e. The number of aromatic nitrogens is 3. The minimum atomic E-state index is -3.96. The van der Waals surface area contributed by atoms with Crippen LogP contribution in [0.2, 0.25) is 5.02 Å². The van der Waals surface area contributed by atoms with E-state index in [9.17, 15) is 8.42 Å². The van der Waals surface area contributed by atoms with E-state index in [-0.39, 0.29) is 23.1 Å². The number of hydrogen-bond acceptors (Lipinski definition) is 6. The zero-order valence-electron chi connectivity index (χ0n) is 14.0. The molecule has 0 amide bonds. The van der Waals surface area contributed by atoms with Crippen molar-refractivity contribution in [1.82, 2.24) is 15.0 Å². The molecule has 3 rings (SSSR count). The maximum absolute atomic E-state index is 12.8. The van der Waals surface area contributed by atoms with Gasteiger partial charge in [-0.05, 0) is 34.5 Å². The molecule has 11 heteroatoms. The lowest BCUT2D eigenvalue weighted by Crippen LogP contribution is -2.15. The second-order valence-corrected chi connectivity index (χ2v) is 8.28. The van der Waals surface area contributed by atoms with E-state index in [4.69, 9.17) is 21.6 Å². The van der Waals surface area contributed by atoms with Crippen molar-refractivity contribution in [2.45, 2.75) is 17.7 Å². The molecule has 27 heavy (non-hydrogen) atoms. The van der Waals surface area contributed by atoms with Gasteiger partial charge >= 0.3 is 0 Å². The largest absolute Gasteiger partial charge is 0.481 e. The molecule has 0 bridgehead atoms. The van der Waals surface area contributed by atoms with Gasteiger partial charge in [0.2, 0.25) is 11.8 Å². The maximum atomic E-state index is 12.8. The van der Waals surface area contributed by atoms with Crippen LogP contribution >= 0.6 is 27.5 Å². The highest BCUT2D eigenvalue weighted by molar-refractivity contribution is 9.10. The Kier molecular flexibility index (Phi) is 5.55. The van der Waals surface area contributed by atoms with Gasteiger partial charge in [-0.2, -0.15) is 10.2 Å². The summed E-state index contributed by atoms with van der Waals surface area (Å²) < 4.78 is 33.7. The molecule has 0 aliphatic carbocycles. The first kappa shape index (κ1) is 19.4. The van der Waals surface area contributed by atoms with Crippen molar-refractivity contribution < 1.29 is 13.2 Å². The van der Waals surface area contributed by atoms with Crippen molar-refractivity contribution in [3.8, 4) is 11.9 Å². The standard InChI is InChI=1S/C16H13BrClN5O3S/c1-26-15-9(3-2-6-19)7-21-16(22-15)23-27(24,25)12-8-20-14-10(12)4-5-11(18)13(14)17/h4-5,7-8,20H,2-3H2,1H3,(H,21,22,23). The first-order valence-corrected chi connectivity index (χ1v) is 10.3. The van der Waals surface area contributed by atoms with Gasteiger partial charge in [-0.25, -0.2) is 18.1 Å². The number of methoxy groups -OCH3 is 1. The van der Waals surface area contributed by atoms with Crippen molar-refractivity contribution >= 4 is 54.4 Å². The summed E-state index contributed by atoms with van der Waals surface area (Å²) in [6.45, 7) is 0. The number of aryl methyl sites for hydroxylation is 1. The van der Waals surface area contributed by atoms with Crippen LogP contribution in [0.5, 0.6) is 5.88 Å². The number of hydrogen-bond donors (Lipinski definition) is 2. The summed E-state index contributed by atoms with van der Waals surface area (Å²) in [4.78, 5) is 11.0. The summed E-state index contributed by atoms with van der Waals surface area (Å²) in [5, 5.41) is 9.62. The van der Waals surface area contributed by atoms with Crippen LogP contribution in [0.25, 0.3) is 10.9 Å². The molecule has 3 aromatic rings. The lowest BCUT2D eigenvalue weighted by atomic mass is 10.2. The summed E-state index contributed by atoms with van der Waals surface area (Å²) in [5.41, 5.74) is 1.18. The van der Waals surface area contributed by atoms with E-state index in [1.54, 1.807) is 12.1 Å². The van der Waals surface area contributed by atoms with Crippen LogP contribution in [-0.4, -0.2) is 30.5 Å². The molecular weight excluding hydrogens is 458 g/mol. The van der Waals surface area contributed by atoms with E-state index in [2.05, 4.69) is 35.6 Å². The second-order valence-electron chi connectivity index (χ2n) is 5.43. The molecule has 0 unspecified atom stereocenters. The molecule has 0 aliphatic heterocycles. The average Bonchev–Trinajstić information content (AvgIpc) is 3.09. The van der Waals surface area contributed by atoms with Crippen LogP contribution in [0.3, 0.4) is 0 Å². The molecule has 0 aliphatic rings. The second kappa shape index (κ2) is 7.72. The Morgan fingerprint density at radius 3 is 2.93 bits per heavy atom. The number of aromatic amines is 1. The number of nitriles is 1. The average molecular weight is 471 g/mol. The van der Waals surface area contributed by atoms with Crippen molar-refractivity contribution in [2.24, 2.45) is 0 Å². The molecule has 140 valence electrons. The van der Waals surface area contributed by atoms with Gasteiger partial charge in [0.25, 0.3) is 10.0 Å². The number of nitrogens with zero attached hydrogens (tertiary/aromatic N) is 3. The van der Waals surface area contributed by atoms with Gasteiger partial charge in [0.05, 0.1) is 28.2 Å². The Hall–Kier alpha value is -2.35. The van der Waals surface area contributed by atoms with Gasteiger partial charge in [-0.1, -0.05) is 11.6 Å². The molecule has 2 heterocycles. The van der Waals surface area contributed by atoms with E-state index < -0.39 is 10.0 Å². The Bertz CT molecular complexity index is 1160. The van der Waals surface area contributed by atoms with Crippen molar-refractivity contribution in [1.29, 1.82) is 5.26 Å². The molecule has 8 nitrogen and oxygen atoms in total. The molecule has 0 fully saturated rings. The van der Waals surface area contributed by atoms with E-state index in [0.717, 1.165) is 0 Å². The van der Waals surface area contributed by atoms with Crippen molar-refractivity contribution in [3.05, 3.63) is 39.6 Å². The number of anilines is 1. The molecule has 2 N–H and O–H groups in total. The lowest BCUT2D eigenvalue weighted by molar-refractivity contribution is 0.392. The van der Waals surface area contributed by atoms with Crippen LogP contribution < -0.4 is 9.46 Å². The predicted molar refractivity (Wildman–Crippen MR) is 104 cm³/mol. The molecule has 0 saturated carbocycles. The van der Waals surface area contributed by atoms with Gasteiger partial charge in [-0.3, -0.25) is 0 Å². The number of benzene rings is 1. The number of nitrogens with one attached hydrogen (secondary N) is 2. The van der Waals surface area contributed by atoms with E-state index in [1.165, 1.54) is 19.5 Å². The number of sulfonamides is 1. The summed E-state index contributed by atoms with van der Waals surface area (Å²) in [6.07, 6.45) is 3.49. The minimum Gasteiger partial charge on any atom is -0.481 e. The van der Waals surface area contributed by atoms with E-state index in [1.807, 2.05) is 6.07 Å². The molecule has 0 radical (unpaired) electrons. The predicted octanol–water partition coefficient (Wildman–Crippen LogP) is 3.64. The van der Waals surface area contributed by atoms with Gasteiger partial charge in [0, 0.05) is 29.8 Å². The molecule has 1 aromatic carbocycles. The first-order chi connectivity index (χ1) is 12.9. The van der Waals surface area contributed by atoms with Crippen molar-refractivity contribution in [2.75, 3.05) is 11.8 Å². The van der Waals surface area contributed by atoms with Gasteiger partial charge < -0.3 is 9.72 Å². The number of fused-ring (bicyclic) bond motifs is 1. The third-order valence-electron chi connectivity index (χ3n) is 3.75.